The summed E-state index contributed by atoms with van der Waals surface area (Å²) in [5, 5.41) is 0. The fourth-order valence-corrected chi connectivity index (χ4v) is 4.09. The monoisotopic (exact) mass is 446 g/mol. The molecule has 0 radical (unpaired) electrons. The molecule has 33 heavy (non-hydrogen) atoms. The van der Waals surface area contributed by atoms with Crippen LogP contribution < -0.4 is 15.2 Å². The Morgan fingerprint density at radius 2 is 1.82 bits per heavy atom. The minimum absolute atomic E-state index is 0.206. The second-order valence-electron chi connectivity index (χ2n) is 8.20. The van der Waals surface area contributed by atoms with Gasteiger partial charge in [-0.1, -0.05) is 44.9 Å². The molecule has 0 bridgehead atoms. The van der Waals surface area contributed by atoms with Crippen molar-refractivity contribution in [1.82, 2.24) is 14.5 Å². The zero-order valence-electron chi connectivity index (χ0n) is 18.7. The van der Waals surface area contributed by atoms with Gasteiger partial charge in [0.15, 0.2) is 17.1 Å². The maximum Gasteiger partial charge on any atom is 0.344 e. The minimum atomic E-state index is -0.474. The van der Waals surface area contributed by atoms with Gasteiger partial charge in [-0.05, 0) is 35.7 Å². The fraction of sp³-hybridized carbons (Fsp3) is 0.320. The van der Waals surface area contributed by atoms with E-state index in [1.165, 1.54) is 0 Å². The molecule has 170 valence electrons. The number of hydrogen-bond donors (Lipinski definition) is 1. The van der Waals surface area contributed by atoms with Crippen molar-refractivity contribution in [2.45, 2.75) is 33.2 Å². The van der Waals surface area contributed by atoms with E-state index in [2.05, 4.69) is 13.8 Å². The molecule has 2 N–H and O–H groups in total. The lowest BCUT2D eigenvalue weighted by Crippen LogP contribution is -2.15. The molecule has 0 aliphatic carbocycles. The highest BCUT2D eigenvalue weighted by Crippen LogP contribution is 2.34. The molecule has 0 fully saturated rings. The van der Waals surface area contributed by atoms with Crippen LogP contribution in [-0.2, 0) is 11.3 Å². The van der Waals surface area contributed by atoms with Gasteiger partial charge in [-0.15, -0.1) is 0 Å². The highest BCUT2D eigenvalue weighted by Gasteiger charge is 2.26. The van der Waals surface area contributed by atoms with Gasteiger partial charge < -0.3 is 24.5 Å². The van der Waals surface area contributed by atoms with E-state index < -0.39 is 5.97 Å². The largest absolute Gasteiger partial charge is 0.462 e. The number of nitrogens with zero attached hydrogens (tertiary/aromatic N) is 3. The van der Waals surface area contributed by atoms with Crippen LogP contribution in [0, 0.1) is 5.92 Å². The number of carbonyl (C=O) groups excluding carboxylic acids is 1. The fourth-order valence-electron chi connectivity index (χ4n) is 4.09. The third-order valence-electron chi connectivity index (χ3n) is 6.18. The molecule has 8 nitrogen and oxygen atoms in total. The van der Waals surface area contributed by atoms with Gasteiger partial charge >= 0.3 is 5.97 Å². The van der Waals surface area contributed by atoms with Crippen LogP contribution in [0.15, 0.2) is 42.5 Å². The predicted octanol–water partition coefficient (Wildman–Crippen LogP) is 4.54. The van der Waals surface area contributed by atoms with Crippen LogP contribution in [-0.4, -0.2) is 33.9 Å². The van der Waals surface area contributed by atoms with Gasteiger partial charge in [0.25, 0.3) is 0 Å². The van der Waals surface area contributed by atoms with Gasteiger partial charge in [-0.3, -0.25) is 0 Å². The molecule has 0 saturated heterocycles. The summed E-state index contributed by atoms with van der Waals surface area (Å²) in [4.78, 5) is 22.7. The van der Waals surface area contributed by atoms with E-state index in [1.54, 1.807) is 4.57 Å². The van der Waals surface area contributed by atoms with Crippen molar-refractivity contribution in [3.05, 3.63) is 53.6 Å². The number of rotatable bonds is 7. The first-order valence-corrected chi connectivity index (χ1v) is 11.2. The number of fused-ring (bicyclic) bond motifs is 3. The molecule has 1 aliphatic rings. The molecule has 8 heteroatoms. The summed E-state index contributed by atoms with van der Waals surface area (Å²) in [6, 6.07) is 13.3. The smallest absolute Gasteiger partial charge is 0.344 e. The summed E-state index contributed by atoms with van der Waals surface area (Å²) in [5.41, 5.74) is 10.1. The number of esters is 1. The maximum absolute atomic E-state index is 13.2. The predicted molar refractivity (Wildman–Crippen MR) is 125 cm³/mol. The molecule has 4 aromatic rings. The molecular weight excluding hydrogens is 420 g/mol. The molecule has 2 aromatic carbocycles. The summed E-state index contributed by atoms with van der Waals surface area (Å²) in [6.45, 7) is 5.13. The molecule has 3 heterocycles. The quantitative estimate of drug-likeness (QED) is 0.416. The van der Waals surface area contributed by atoms with Gasteiger partial charge in [0.05, 0.1) is 24.2 Å². The van der Waals surface area contributed by atoms with Crippen molar-refractivity contribution in [2.24, 2.45) is 5.92 Å². The van der Waals surface area contributed by atoms with Crippen LogP contribution >= 0.6 is 0 Å². The van der Waals surface area contributed by atoms with Crippen molar-refractivity contribution in [3.8, 4) is 11.5 Å². The molecular formula is C25H26N4O4. The molecule has 1 aliphatic heterocycles. The van der Waals surface area contributed by atoms with Crippen LogP contribution in [0.2, 0.25) is 0 Å². The Morgan fingerprint density at radius 3 is 2.58 bits per heavy atom. The van der Waals surface area contributed by atoms with Crippen LogP contribution in [0.5, 0.6) is 11.5 Å². The van der Waals surface area contributed by atoms with Gasteiger partial charge in [-0.25, -0.2) is 14.8 Å². The second kappa shape index (κ2) is 8.61. The Hall–Kier alpha value is -3.81. The summed E-state index contributed by atoms with van der Waals surface area (Å²) in [7, 11) is 0. The number of ether oxygens (including phenoxy) is 3. The van der Waals surface area contributed by atoms with Gasteiger partial charge in [0.2, 0.25) is 6.79 Å². The number of benzene rings is 2. The molecule has 0 amide bonds. The maximum atomic E-state index is 13.2. The summed E-state index contributed by atoms with van der Waals surface area (Å²) in [5.74, 6) is 1.51. The Bertz CT molecular complexity index is 1340. The Labute approximate surface area is 191 Å². The molecule has 0 atom stereocenters. The number of hydrogen-bond acceptors (Lipinski definition) is 7. The van der Waals surface area contributed by atoms with E-state index in [9.17, 15) is 4.79 Å². The zero-order chi connectivity index (χ0) is 22.9. The van der Waals surface area contributed by atoms with E-state index in [1.807, 2.05) is 42.5 Å². The summed E-state index contributed by atoms with van der Waals surface area (Å²) < 4.78 is 18.4. The van der Waals surface area contributed by atoms with Crippen molar-refractivity contribution in [1.29, 1.82) is 0 Å². The molecule has 0 unspecified atom stereocenters. The third-order valence-corrected chi connectivity index (χ3v) is 6.18. The Morgan fingerprint density at radius 1 is 1.09 bits per heavy atom. The number of nitrogens with two attached hydrogens (primary N) is 1. The van der Waals surface area contributed by atoms with E-state index in [4.69, 9.17) is 29.9 Å². The molecule has 5 rings (SSSR count). The minimum Gasteiger partial charge on any atom is -0.462 e. The van der Waals surface area contributed by atoms with Gasteiger partial charge in [0.1, 0.15) is 16.9 Å². The van der Waals surface area contributed by atoms with Crippen molar-refractivity contribution in [2.75, 3.05) is 19.1 Å². The van der Waals surface area contributed by atoms with E-state index in [0.717, 1.165) is 23.9 Å². The number of carbonyl (C=O) groups is 1. The average molecular weight is 447 g/mol. The van der Waals surface area contributed by atoms with Crippen LogP contribution in [0.3, 0.4) is 0 Å². The van der Waals surface area contributed by atoms with E-state index >= 15 is 0 Å². The third kappa shape index (κ3) is 3.82. The second-order valence-corrected chi connectivity index (χ2v) is 8.20. The molecule has 0 spiro atoms. The van der Waals surface area contributed by atoms with Crippen molar-refractivity contribution < 1.29 is 19.0 Å². The summed E-state index contributed by atoms with van der Waals surface area (Å²) >= 11 is 0. The summed E-state index contributed by atoms with van der Waals surface area (Å²) in [6.07, 6.45) is 1.88. The average Bonchev–Trinajstić information content (AvgIpc) is 3.40. The normalized spacial score (nSPS) is 12.7. The Kier molecular flexibility index (Phi) is 5.50. The first-order valence-electron chi connectivity index (χ1n) is 11.2. The lowest BCUT2D eigenvalue weighted by molar-refractivity contribution is 0.0436. The van der Waals surface area contributed by atoms with Gasteiger partial charge in [0, 0.05) is 0 Å². The lowest BCUT2D eigenvalue weighted by atomic mass is 10.1. The first-order chi connectivity index (χ1) is 16.1. The lowest BCUT2D eigenvalue weighted by Gasteiger charge is -2.12. The van der Waals surface area contributed by atoms with Crippen LogP contribution in [0.25, 0.3) is 22.2 Å². The van der Waals surface area contributed by atoms with Crippen molar-refractivity contribution >= 4 is 34.0 Å². The topological polar surface area (TPSA) is 101 Å². The highest BCUT2D eigenvalue weighted by atomic mass is 16.7. The van der Waals surface area contributed by atoms with Crippen LogP contribution in [0.4, 0.5) is 5.82 Å². The first kappa shape index (κ1) is 21.1. The van der Waals surface area contributed by atoms with E-state index in [-0.39, 0.29) is 18.2 Å². The number of nitrogen functional groups attached to an aromatic ring is 1. The van der Waals surface area contributed by atoms with Crippen molar-refractivity contribution in [3.63, 3.8) is 0 Å². The zero-order valence-corrected chi connectivity index (χ0v) is 18.7. The molecule has 0 saturated carbocycles. The van der Waals surface area contributed by atoms with E-state index in [0.29, 0.717) is 47.2 Å². The standard InChI is InChI=1S/C25H26N4O4/c1-3-15(4-2)13-31-25(30)21-22-24(28-18-8-6-5-7-17(18)27-22)29(23(21)26)12-16-9-10-19-20(11-16)33-14-32-19/h5-11,15H,3-4,12-14,26H2,1-2H3. The van der Waals surface area contributed by atoms with Crippen LogP contribution in [0.1, 0.15) is 42.6 Å². The Balaban J connectivity index is 1.59. The highest BCUT2D eigenvalue weighted by molar-refractivity contribution is 6.08. The molecule has 2 aromatic heterocycles. The number of aromatic nitrogens is 3. The SMILES string of the molecule is CCC(CC)COC(=O)c1c(N)n(Cc2ccc3c(c2)OCO3)c2nc3ccccc3nc12. The number of anilines is 1. The van der Waals surface area contributed by atoms with Gasteiger partial charge in [-0.2, -0.15) is 0 Å². The number of para-hydroxylation sites is 2.